The lowest BCUT2D eigenvalue weighted by Crippen LogP contribution is -2.04. The molecule has 0 aliphatic heterocycles. The first-order valence-electron chi connectivity index (χ1n) is 6.31. The fraction of sp³-hybridized carbons (Fsp3) is 0.571. The third-order valence-electron chi connectivity index (χ3n) is 2.35. The highest BCUT2D eigenvalue weighted by Crippen LogP contribution is 2.32. The summed E-state index contributed by atoms with van der Waals surface area (Å²) in [5.41, 5.74) is 1.01. The number of hydrogen-bond acceptors (Lipinski definition) is 3. The predicted molar refractivity (Wildman–Crippen MR) is 68.8 cm³/mol. The van der Waals surface area contributed by atoms with Gasteiger partial charge in [0.2, 0.25) is 0 Å². The number of aliphatic hydroxyl groups is 1. The molecule has 0 fully saturated rings. The summed E-state index contributed by atoms with van der Waals surface area (Å²) in [6, 6.07) is 5.83. The van der Waals surface area contributed by atoms with Gasteiger partial charge < -0.3 is 14.6 Å². The Balaban J connectivity index is 2.87. The van der Waals surface area contributed by atoms with Gasteiger partial charge in [-0.25, -0.2) is 0 Å². The standard InChI is InChI=1S/C14H22O3/c1-3-10-16-13-7-5-6-12(8-9-15)14(13)17-11-4-2/h5-7,15H,3-4,8-11H2,1-2H3. The highest BCUT2D eigenvalue weighted by molar-refractivity contribution is 5.46. The van der Waals surface area contributed by atoms with Crippen molar-refractivity contribution >= 4 is 0 Å². The van der Waals surface area contributed by atoms with Crippen LogP contribution in [0, 0.1) is 0 Å². The minimum atomic E-state index is 0.125. The summed E-state index contributed by atoms with van der Waals surface area (Å²) in [5, 5.41) is 9.04. The van der Waals surface area contributed by atoms with Gasteiger partial charge in [-0.3, -0.25) is 0 Å². The van der Waals surface area contributed by atoms with E-state index in [4.69, 9.17) is 14.6 Å². The maximum absolute atomic E-state index is 9.04. The second-order valence-corrected chi connectivity index (χ2v) is 3.91. The molecule has 0 aromatic heterocycles. The Bertz CT molecular complexity index is 323. The molecule has 0 bridgehead atoms. The molecule has 96 valence electrons. The number of rotatable bonds is 8. The van der Waals surface area contributed by atoms with E-state index in [-0.39, 0.29) is 6.61 Å². The molecule has 0 saturated carbocycles. The lowest BCUT2D eigenvalue weighted by atomic mass is 10.1. The Labute approximate surface area is 103 Å². The third kappa shape index (κ3) is 4.27. The van der Waals surface area contributed by atoms with E-state index in [0.29, 0.717) is 19.6 Å². The number of hydrogen-bond donors (Lipinski definition) is 1. The molecule has 1 N–H and O–H groups in total. The van der Waals surface area contributed by atoms with Crippen molar-refractivity contribution in [2.45, 2.75) is 33.1 Å². The number of aliphatic hydroxyl groups excluding tert-OH is 1. The second kappa shape index (κ2) is 7.96. The Morgan fingerprint density at radius 1 is 1.06 bits per heavy atom. The van der Waals surface area contributed by atoms with Gasteiger partial charge in [-0.15, -0.1) is 0 Å². The third-order valence-corrected chi connectivity index (χ3v) is 2.35. The molecule has 3 heteroatoms. The van der Waals surface area contributed by atoms with E-state index in [2.05, 4.69) is 13.8 Å². The monoisotopic (exact) mass is 238 g/mol. The summed E-state index contributed by atoms with van der Waals surface area (Å²) >= 11 is 0. The Morgan fingerprint density at radius 3 is 2.41 bits per heavy atom. The zero-order valence-corrected chi connectivity index (χ0v) is 10.7. The molecule has 0 heterocycles. The van der Waals surface area contributed by atoms with Crippen molar-refractivity contribution in [1.29, 1.82) is 0 Å². The molecular formula is C14H22O3. The summed E-state index contributed by atoms with van der Waals surface area (Å²) in [6.45, 7) is 5.63. The van der Waals surface area contributed by atoms with Crippen LogP contribution in [0.15, 0.2) is 18.2 Å². The van der Waals surface area contributed by atoms with Gasteiger partial charge in [-0.2, -0.15) is 0 Å². The molecule has 0 spiro atoms. The Kier molecular flexibility index (Phi) is 6.48. The van der Waals surface area contributed by atoms with Gasteiger partial charge in [0.25, 0.3) is 0 Å². The highest BCUT2D eigenvalue weighted by Gasteiger charge is 2.10. The summed E-state index contributed by atoms with van der Waals surface area (Å²) in [7, 11) is 0. The number of para-hydroxylation sites is 1. The van der Waals surface area contributed by atoms with Gasteiger partial charge in [0.05, 0.1) is 13.2 Å². The largest absolute Gasteiger partial charge is 0.490 e. The van der Waals surface area contributed by atoms with Crippen molar-refractivity contribution in [2.24, 2.45) is 0 Å². The van der Waals surface area contributed by atoms with Crippen LogP contribution in [0.4, 0.5) is 0 Å². The molecule has 1 aromatic carbocycles. The number of benzene rings is 1. The first kappa shape index (κ1) is 13.8. The van der Waals surface area contributed by atoms with Crippen molar-refractivity contribution in [3.05, 3.63) is 23.8 Å². The predicted octanol–water partition coefficient (Wildman–Crippen LogP) is 2.80. The summed E-state index contributed by atoms with van der Waals surface area (Å²) in [5.74, 6) is 1.57. The first-order valence-corrected chi connectivity index (χ1v) is 6.31. The summed E-state index contributed by atoms with van der Waals surface area (Å²) in [6.07, 6.45) is 2.53. The Hall–Kier alpha value is -1.22. The average molecular weight is 238 g/mol. The minimum Gasteiger partial charge on any atom is -0.490 e. The zero-order chi connectivity index (χ0) is 12.5. The second-order valence-electron chi connectivity index (χ2n) is 3.91. The molecule has 0 aliphatic rings. The van der Waals surface area contributed by atoms with Gasteiger partial charge >= 0.3 is 0 Å². The lowest BCUT2D eigenvalue weighted by molar-refractivity contribution is 0.261. The van der Waals surface area contributed by atoms with E-state index in [0.717, 1.165) is 29.9 Å². The molecule has 1 aromatic rings. The molecule has 0 atom stereocenters. The van der Waals surface area contributed by atoms with E-state index in [1.54, 1.807) is 0 Å². The van der Waals surface area contributed by atoms with E-state index in [9.17, 15) is 0 Å². The van der Waals surface area contributed by atoms with Gasteiger partial charge in [0.15, 0.2) is 11.5 Å². The van der Waals surface area contributed by atoms with Crippen LogP contribution in [0.2, 0.25) is 0 Å². The summed E-state index contributed by atoms with van der Waals surface area (Å²) < 4.78 is 11.4. The molecule has 0 aliphatic carbocycles. The molecule has 0 unspecified atom stereocenters. The topological polar surface area (TPSA) is 38.7 Å². The first-order chi connectivity index (χ1) is 8.33. The van der Waals surface area contributed by atoms with Crippen molar-refractivity contribution in [3.8, 4) is 11.5 Å². The minimum absolute atomic E-state index is 0.125. The van der Waals surface area contributed by atoms with Crippen LogP contribution < -0.4 is 9.47 Å². The van der Waals surface area contributed by atoms with Crippen LogP contribution in [0.1, 0.15) is 32.3 Å². The molecule has 17 heavy (non-hydrogen) atoms. The molecule has 3 nitrogen and oxygen atoms in total. The molecule has 0 radical (unpaired) electrons. The fourth-order valence-electron chi connectivity index (χ4n) is 1.57. The quantitative estimate of drug-likeness (QED) is 0.757. The van der Waals surface area contributed by atoms with Gasteiger partial charge in [-0.1, -0.05) is 26.0 Å². The zero-order valence-electron chi connectivity index (χ0n) is 10.7. The molecule has 0 amide bonds. The van der Waals surface area contributed by atoms with Crippen molar-refractivity contribution in [1.82, 2.24) is 0 Å². The van der Waals surface area contributed by atoms with Crippen molar-refractivity contribution in [3.63, 3.8) is 0 Å². The van der Waals surface area contributed by atoms with Gasteiger partial charge in [0, 0.05) is 12.2 Å². The van der Waals surface area contributed by atoms with Crippen LogP contribution >= 0.6 is 0 Å². The maximum atomic E-state index is 9.04. The average Bonchev–Trinajstić information content (AvgIpc) is 2.35. The van der Waals surface area contributed by atoms with Gasteiger partial charge in [-0.05, 0) is 25.3 Å². The van der Waals surface area contributed by atoms with E-state index >= 15 is 0 Å². The van der Waals surface area contributed by atoms with Crippen LogP contribution in [-0.2, 0) is 6.42 Å². The van der Waals surface area contributed by atoms with E-state index in [1.807, 2.05) is 18.2 Å². The van der Waals surface area contributed by atoms with Crippen molar-refractivity contribution < 1.29 is 14.6 Å². The van der Waals surface area contributed by atoms with Crippen LogP contribution in [-0.4, -0.2) is 24.9 Å². The van der Waals surface area contributed by atoms with Crippen molar-refractivity contribution in [2.75, 3.05) is 19.8 Å². The van der Waals surface area contributed by atoms with E-state index < -0.39 is 0 Å². The highest BCUT2D eigenvalue weighted by atomic mass is 16.5. The smallest absolute Gasteiger partial charge is 0.164 e. The normalized spacial score (nSPS) is 10.3. The Morgan fingerprint density at radius 2 is 1.76 bits per heavy atom. The van der Waals surface area contributed by atoms with Crippen LogP contribution in [0.5, 0.6) is 11.5 Å². The SMILES string of the molecule is CCCOc1cccc(CCO)c1OCCC. The number of ether oxygens (including phenoxy) is 2. The lowest BCUT2D eigenvalue weighted by Gasteiger charge is -2.15. The van der Waals surface area contributed by atoms with Gasteiger partial charge in [0.1, 0.15) is 0 Å². The molecule has 0 saturated heterocycles. The molecular weight excluding hydrogens is 216 g/mol. The summed E-state index contributed by atoms with van der Waals surface area (Å²) in [4.78, 5) is 0. The van der Waals surface area contributed by atoms with Crippen LogP contribution in [0.25, 0.3) is 0 Å². The van der Waals surface area contributed by atoms with Crippen LogP contribution in [0.3, 0.4) is 0 Å². The maximum Gasteiger partial charge on any atom is 0.164 e. The van der Waals surface area contributed by atoms with E-state index in [1.165, 1.54) is 0 Å². The fourth-order valence-corrected chi connectivity index (χ4v) is 1.57. The molecule has 1 rings (SSSR count).